The Hall–Kier alpha value is -3.40. The van der Waals surface area contributed by atoms with Gasteiger partial charge < -0.3 is 9.64 Å². The average molecular weight is 480 g/mol. The van der Waals surface area contributed by atoms with Gasteiger partial charge in [-0.25, -0.2) is 13.8 Å². The van der Waals surface area contributed by atoms with E-state index in [1.165, 1.54) is 12.1 Å². The summed E-state index contributed by atoms with van der Waals surface area (Å²) < 4.78 is 38.5. The zero-order chi connectivity index (χ0) is 24.3. The van der Waals surface area contributed by atoms with Gasteiger partial charge in [0, 0.05) is 42.2 Å². The van der Waals surface area contributed by atoms with Gasteiger partial charge in [0.25, 0.3) is 0 Å². The number of nitrogens with zero attached hydrogens (tertiary/aromatic N) is 7. The first-order chi connectivity index (χ1) is 16.9. The van der Waals surface area contributed by atoms with Crippen LogP contribution in [0.3, 0.4) is 0 Å². The van der Waals surface area contributed by atoms with Crippen LogP contribution in [0.1, 0.15) is 57.4 Å². The molecule has 8 nitrogen and oxygen atoms in total. The number of hydrogen-bond acceptors (Lipinski definition) is 6. The van der Waals surface area contributed by atoms with Gasteiger partial charge in [-0.15, -0.1) is 0 Å². The average Bonchev–Trinajstić information content (AvgIpc) is 3.38. The van der Waals surface area contributed by atoms with Crippen LogP contribution in [0.4, 0.5) is 14.7 Å². The van der Waals surface area contributed by atoms with Crippen LogP contribution >= 0.6 is 0 Å². The molecule has 1 saturated carbocycles. The third-order valence-corrected chi connectivity index (χ3v) is 6.56. The van der Waals surface area contributed by atoms with Crippen molar-refractivity contribution in [2.75, 3.05) is 18.0 Å². The second-order valence-electron chi connectivity index (χ2n) is 9.76. The van der Waals surface area contributed by atoms with Crippen LogP contribution in [0.25, 0.3) is 22.3 Å². The van der Waals surface area contributed by atoms with Gasteiger partial charge in [-0.05, 0) is 45.7 Å². The zero-order valence-electron chi connectivity index (χ0n) is 19.9. The molecule has 0 radical (unpaired) electrons. The molecule has 1 aliphatic carbocycles. The summed E-state index contributed by atoms with van der Waals surface area (Å²) in [5.74, 6) is -0.861. The number of morpholine rings is 1. The van der Waals surface area contributed by atoms with Gasteiger partial charge >= 0.3 is 0 Å². The number of rotatable bonds is 5. The number of hydrogen-bond donors (Lipinski definition) is 0. The summed E-state index contributed by atoms with van der Waals surface area (Å²) in [6.45, 7) is 7.14. The van der Waals surface area contributed by atoms with Gasteiger partial charge in [0.2, 0.25) is 5.95 Å². The second-order valence-corrected chi connectivity index (χ2v) is 9.76. The van der Waals surface area contributed by atoms with Crippen molar-refractivity contribution >= 4 is 17.0 Å². The Morgan fingerprint density at radius 3 is 2.66 bits per heavy atom. The molecule has 182 valence electrons. The van der Waals surface area contributed by atoms with Crippen molar-refractivity contribution in [3.63, 3.8) is 0 Å². The van der Waals surface area contributed by atoms with Crippen molar-refractivity contribution in [1.82, 2.24) is 29.5 Å². The number of ether oxygens (including phenoxy) is 1. The van der Waals surface area contributed by atoms with E-state index < -0.39 is 11.6 Å². The first kappa shape index (κ1) is 22.1. The molecule has 10 heteroatoms. The normalized spacial score (nSPS) is 20.8. The van der Waals surface area contributed by atoms with Crippen molar-refractivity contribution in [3.8, 4) is 11.3 Å². The van der Waals surface area contributed by atoms with E-state index in [9.17, 15) is 8.78 Å². The fourth-order valence-corrected chi connectivity index (χ4v) is 4.56. The Morgan fingerprint density at radius 2 is 1.91 bits per heavy atom. The van der Waals surface area contributed by atoms with E-state index in [0.29, 0.717) is 41.8 Å². The van der Waals surface area contributed by atoms with E-state index in [1.54, 1.807) is 4.68 Å². The molecule has 1 aromatic carbocycles. The van der Waals surface area contributed by atoms with Crippen LogP contribution in [0.15, 0.2) is 36.8 Å². The Bertz CT molecular complexity index is 1390. The summed E-state index contributed by atoms with van der Waals surface area (Å²) in [6, 6.07) is 4.12. The summed E-state index contributed by atoms with van der Waals surface area (Å²) in [5, 5.41) is 9.76. The van der Waals surface area contributed by atoms with Crippen molar-refractivity contribution in [3.05, 3.63) is 54.0 Å². The molecule has 2 fully saturated rings. The summed E-state index contributed by atoms with van der Waals surface area (Å²) in [7, 11) is 0. The number of halogens is 2. The van der Waals surface area contributed by atoms with E-state index in [1.807, 2.05) is 42.7 Å². The molecule has 1 saturated heterocycles. The third kappa shape index (κ3) is 4.16. The summed E-state index contributed by atoms with van der Waals surface area (Å²) >= 11 is 0. The monoisotopic (exact) mass is 479 g/mol. The molecule has 1 aliphatic heterocycles. The predicted molar refractivity (Wildman–Crippen MR) is 127 cm³/mol. The third-order valence-electron chi connectivity index (χ3n) is 6.56. The number of aromatic nitrogens is 6. The van der Waals surface area contributed by atoms with Crippen LogP contribution < -0.4 is 4.90 Å². The molecule has 4 heterocycles. The second kappa shape index (κ2) is 8.37. The van der Waals surface area contributed by atoms with E-state index >= 15 is 0 Å². The lowest BCUT2D eigenvalue weighted by Gasteiger charge is -2.36. The summed E-state index contributed by atoms with van der Waals surface area (Å²) in [4.78, 5) is 11.6. The number of anilines is 1. The molecular formula is C25H27F2N7O. The van der Waals surface area contributed by atoms with Crippen molar-refractivity contribution < 1.29 is 13.5 Å². The quantitative estimate of drug-likeness (QED) is 0.407. The Morgan fingerprint density at radius 1 is 1.09 bits per heavy atom. The smallest absolute Gasteiger partial charge is 0.228 e. The van der Waals surface area contributed by atoms with E-state index in [0.717, 1.165) is 24.5 Å². The van der Waals surface area contributed by atoms with Gasteiger partial charge in [-0.1, -0.05) is 0 Å². The molecular weight excluding hydrogens is 452 g/mol. The first-order valence-electron chi connectivity index (χ1n) is 12.0. The topological polar surface area (TPSA) is 73.9 Å². The highest BCUT2D eigenvalue weighted by molar-refractivity contribution is 5.91. The van der Waals surface area contributed by atoms with Gasteiger partial charge in [-0.3, -0.25) is 9.36 Å². The highest BCUT2D eigenvalue weighted by Crippen LogP contribution is 2.36. The Labute approximate surface area is 201 Å². The minimum absolute atomic E-state index is 0.0726. The maximum atomic E-state index is 14.9. The summed E-state index contributed by atoms with van der Waals surface area (Å²) in [5.41, 5.74) is 2.10. The SMILES string of the molecule is CC1CN(c2nc(-c3ccc(F)cc3F)c3cn(C(C)C)nc3n2)CC(c2cnn(C3CC3)c2)O1. The molecule has 2 unspecified atom stereocenters. The molecule has 3 aromatic heterocycles. The minimum atomic E-state index is -0.672. The molecule has 0 N–H and O–H groups in total. The number of benzene rings is 1. The largest absolute Gasteiger partial charge is 0.367 e. The molecule has 0 amide bonds. The molecule has 6 rings (SSSR count). The van der Waals surface area contributed by atoms with Crippen LogP contribution in [-0.2, 0) is 4.74 Å². The lowest BCUT2D eigenvalue weighted by molar-refractivity contribution is -0.0178. The first-order valence-corrected chi connectivity index (χ1v) is 12.0. The molecule has 0 bridgehead atoms. The molecule has 0 spiro atoms. The van der Waals surface area contributed by atoms with Crippen LogP contribution in [0.5, 0.6) is 0 Å². The van der Waals surface area contributed by atoms with Gasteiger partial charge in [0.05, 0.1) is 36.0 Å². The van der Waals surface area contributed by atoms with Crippen molar-refractivity contribution in [2.24, 2.45) is 0 Å². The lowest BCUT2D eigenvalue weighted by atomic mass is 10.1. The van der Waals surface area contributed by atoms with E-state index in [4.69, 9.17) is 14.7 Å². The minimum Gasteiger partial charge on any atom is -0.367 e. The Balaban J connectivity index is 1.41. The van der Waals surface area contributed by atoms with E-state index in [-0.39, 0.29) is 23.8 Å². The predicted octanol–water partition coefficient (Wildman–Crippen LogP) is 4.85. The zero-order valence-corrected chi connectivity index (χ0v) is 19.9. The van der Waals surface area contributed by atoms with Crippen molar-refractivity contribution in [1.29, 1.82) is 0 Å². The highest BCUT2D eigenvalue weighted by atomic mass is 19.1. The van der Waals surface area contributed by atoms with Gasteiger partial charge in [0.15, 0.2) is 5.65 Å². The molecule has 2 atom stereocenters. The standard InChI is InChI=1S/C25H27F2N7O/c1-14(2)33-12-20-23(19-7-4-17(26)8-21(19)27)29-25(30-24(20)31-33)32-10-15(3)35-22(13-32)16-9-28-34(11-16)18-5-6-18/h4,7-9,11-12,14-15,18,22H,5-6,10,13H2,1-3H3. The fraction of sp³-hybridized carbons (Fsp3) is 0.440. The van der Waals surface area contributed by atoms with Crippen molar-refractivity contribution in [2.45, 2.75) is 57.9 Å². The summed E-state index contributed by atoms with van der Waals surface area (Å²) in [6.07, 6.45) is 7.81. The number of fused-ring (bicyclic) bond motifs is 1. The molecule has 2 aliphatic rings. The lowest BCUT2D eigenvalue weighted by Crippen LogP contribution is -2.43. The molecule has 35 heavy (non-hydrogen) atoms. The van der Waals surface area contributed by atoms with Crippen LogP contribution in [0.2, 0.25) is 0 Å². The highest BCUT2D eigenvalue weighted by Gasteiger charge is 2.32. The van der Waals surface area contributed by atoms with E-state index in [2.05, 4.69) is 16.4 Å². The van der Waals surface area contributed by atoms with Crippen LogP contribution in [0, 0.1) is 11.6 Å². The van der Waals surface area contributed by atoms with Gasteiger partial charge in [0.1, 0.15) is 17.7 Å². The molecule has 4 aromatic rings. The van der Waals surface area contributed by atoms with Gasteiger partial charge in [-0.2, -0.15) is 15.2 Å². The fourth-order valence-electron chi connectivity index (χ4n) is 4.56. The Kier molecular flexibility index (Phi) is 5.28. The maximum Gasteiger partial charge on any atom is 0.228 e. The maximum absolute atomic E-state index is 14.9. The van der Waals surface area contributed by atoms with Crippen LogP contribution in [-0.4, -0.2) is 48.7 Å².